The number of hydrogen-bond acceptors (Lipinski definition) is 0. The molecule has 0 amide bonds. The monoisotopic (exact) mass is 419 g/mol. The van der Waals surface area contributed by atoms with Crippen molar-refractivity contribution in [2.45, 2.75) is 58.3 Å². The van der Waals surface area contributed by atoms with E-state index in [1.165, 1.54) is 71.9 Å². The molecule has 1 radical (unpaired) electrons. The third kappa shape index (κ3) is 4.14. The van der Waals surface area contributed by atoms with E-state index in [9.17, 15) is 0 Å². The molecule has 1 unspecified atom stereocenters. The third-order valence-electron chi connectivity index (χ3n) is 6.21. The average molecular weight is 421 g/mol. The molecule has 0 saturated heterocycles. The van der Waals surface area contributed by atoms with Crippen LogP contribution in [0.15, 0.2) is 48.0 Å². The van der Waals surface area contributed by atoms with Crippen LogP contribution >= 0.6 is 0 Å². The molecule has 2 aliphatic carbocycles. The summed E-state index contributed by atoms with van der Waals surface area (Å²) in [6.45, 7) is 4.57. The van der Waals surface area contributed by atoms with Crippen molar-refractivity contribution >= 4 is 6.08 Å². The maximum absolute atomic E-state index is 2.45. The molecule has 0 bridgehead atoms. The molecule has 133 valence electrons. The first-order valence-electron chi connectivity index (χ1n) is 10.0. The molecule has 1 atom stereocenters. The van der Waals surface area contributed by atoms with Gasteiger partial charge in [0, 0.05) is 32.6 Å². The van der Waals surface area contributed by atoms with Gasteiger partial charge in [-0.2, -0.15) is 0 Å². The van der Waals surface area contributed by atoms with E-state index in [1.54, 1.807) is 0 Å². The van der Waals surface area contributed by atoms with Gasteiger partial charge in [-0.05, 0) is 52.5 Å². The van der Waals surface area contributed by atoms with Gasteiger partial charge in [-0.25, -0.2) is 0 Å². The molecule has 26 heavy (non-hydrogen) atoms. The number of hydrogen-bond donors (Lipinski definition) is 0. The summed E-state index contributed by atoms with van der Waals surface area (Å²) in [4.78, 5) is 0. The summed E-state index contributed by atoms with van der Waals surface area (Å²) in [5.74, 6) is 1.55. The van der Waals surface area contributed by atoms with Crippen molar-refractivity contribution in [2.75, 3.05) is 0 Å². The Morgan fingerprint density at radius 2 is 1.73 bits per heavy atom. The third-order valence-corrected chi connectivity index (χ3v) is 6.21. The first-order chi connectivity index (χ1) is 12.2. The Hall–Kier alpha value is -0.937. The standard InChI is InChI=1S/C25H29.Zr/c1-3-18(2)21-11-13-22(14-12-21)24-10-6-9-23-16-20(17-25(23)24)15-19-7-4-5-8-19;/h6,9-14,16-19H,3-5,7-8,15H2,1-2H3;. The van der Waals surface area contributed by atoms with E-state index < -0.39 is 0 Å². The van der Waals surface area contributed by atoms with Crippen LogP contribution in [0.2, 0.25) is 0 Å². The Morgan fingerprint density at radius 3 is 2.42 bits per heavy atom. The maximum Gasteiger partial charge on any atom is 0.0164 e. The van der Waals surface area contributed by atoms with Crippen LogP contribution < -0.4 is 0 Å². The van der Waals surface area contributed by atoms with Crippen LogP contribution in [-0.4, -0.2) is 0 Å². The zero-order valence-electron chi connectivity index (χ0n) is 16.1. The summed E-state index contributed by atoms with van der Waals surface area (Å²) in [7, 11) is 0. The number of fused-ring (bicyclic) bond motifs is 1. The van der Waals surface area contributed by atoms with Crippen molar-refractivity contribution in [3.8, 4) is 11.1 Å². The van der Waals surface area contributed by atoms with Crippen LogP contribution in [0, 0.1) is 12.3 Å². The predicted octanol–water partition coefficient (Wildman–Crippen LogP) is 7.39. The second-order valence-electron chi connectivity index (χ2n) is 7.96. The van der Waals surface area contributed by atoms with Crippen molar-refractivity contribution in [1.82, 2.24) is 0 Å². The van der Waals surface area contributed by atoms with Gasteiger partial charge in [0.25, 0.3) is 0 Å². The Morgan fingerprint density at radius 1 is 1.00 bits per heavy atom. The first-order valence-corrected chi connectivity index (χ1v) is 10.0. The molecule has 0 aromatic heterocycles. The predicted molar refractivity (Wildman–Crippen MR) is 109 cm³/mol. The van der Waals surface area contributed by atoms with Crippen molar-refractivity contribution in [2.24, 2.45) is 5.92 Å². The molecule has 0 spiro atoms. The van der Waals surface area contributed by atoms with Gasteiger partial charge in [0.2, 0.25) is 0 Å². The maximum atomic E-state index is 2.45. The summed E-state index contributed by atoms with van der Waals surface area (Å²) in [6.07, 6.45) is 13.0. The molecule has 4 rings (SSSR count). The summed E-state index contributed by atoms with van der Waals surface area (Å²) in [6, 6.07) is 16.0. The minimum atomic E-state index is 0. The van der Waals surface area contributed by atoms with Gasteiger partial charge in [-0.15, -0.1) is 0 Å². The van der Waals surface area contributed by atoms with E-state index in [4.69, 9.17) is 0 Å². The van der Waals surface area contributed by atoms with Crippen LogP contribution in [0.5, 0.6) is 0 Å². The molecule has 0 N–H and O–H groups in total. The van der Waals surface area contributed by atoms with Crippen LogP contribution in [0.3, 0.4) is 0 Å². The van der Waals surface area contributed by atoms with Crippen LogP contribution in [0.25, 0.3) is 17.2 Å². The molecule has 0 nitrogen and oxygen atoms in total. The van der Waals surface area contributed by atoms with Crippen LogP contribution in [0.1, 0.15) is 75.0 Å². The van der Waals surface area contributed by atoms with Gasteiger partial charge in [0.05, 0.1) is 0 Å². The summed E-state index contributed by atoms with van der Waals surface area (Å²) in [5, 5.41) is 0. The Kier molecular flexibility index (Phi) is 6.73. The molecule has 2 aromatic rings. The molecule has 2 aromatic carbocycles. The van der Waals surface area contributed by atoms with Gasteiger partial charge in [0.15, 0.2) is 0 Å². The molecule has 0 heterocycles. The smallest absolute Gasteiger partial charge is 0.0164 e. The molecular formula is C25H29Zr. The van der Waals surface area contributed by atoms with E-state index in [0.717, 1.165) is 5.92 Å². The van der Waals surface area contributed by atoms with Crippen molar-refractivity contribution in [3.05, 3.63) is 71.1 Å². The van der Waals surface area contributed by atoms with Gasteiger partial charge < -0.3 is 0 Å². The van der Waals surface area contributed by atoms with E-state index >= 15 is 0 Å². The quantitative estimate of drug-likeness (QED) is 0.473. The minimum absolute atomic E-state index is 0. The van der Waals surface area contributed by atoms with Crippen molar-refractivity contribution in [3.63, 3.8) is 0 Å². The minimum Gasteiger partial charge on any atom is -0.0648 e. The largest absolute Gasteiger partial charge is 0.0648 e. The van der Waals surface area contributed by atoms with E-state index in [0.29, 0.717) is 5.92 Å². The Balaban J connectivity index is 0.00000196. The van der Waals surface area contributed by atoms with Crippen LogP contribution in [0.4, 0.5) is 0 Å². The van der Waals surface area contributed by atoms with Crippen molar-refractivity contribution < 1.29 is 26.2 Å². The number of benzene rings is 2. The van der Waals surface area contributed by atoms with E-state index in [2.05, 4.69) is 68.8 Å². The second kappa shape index (κ2) is 8.83. The zero-order valence-corrected chi connectivity index (χ0v) is 18.6. The van der Waals surface area contributed by atoms with E-state index in [-0.39, 0.29) is 26.2 Å². The Bertz CT molecular complexity index is 763. The fourth-order valence-electron chi connectivity index (χ4n) is 4.44. The number of rotatable bonds is 5. The molecule has 1 fully saturated rings. The first kappa shape index (κ1) is 19.8. The normalized spacial score (nSPS) is 17.5. The summed E-state index contributed by atoms with van der Waals surface area (Å²) >= 11 is 0. The molecule has 1 saturated carbocycles. The fraction of sp³-hybridized carbons (Fsp3) is 0.400. The SMILES string of the molecule is CCC(C)c1ccc(-c2cccc3c2C=C(CC2CCCC2)[CH]3)cc1.[Zr]. The fourth-order valence-corrected chi connectivity index (χ4v) is 4.44. The summed E-state index contributed by atoms with van der Waals surface area (Å²) < 4.78 is 0. The number of allylic oxidation sites excluding steroid dienone is 1. The molecule has 0 aliphatic heterocycles. The Labute approximate surface area is 178 Å². The average Bonchev–Trinajstić information content (AvgIpc) is 3.30. The zero-order chi connectivity index (χ0) is 17.2. The van der Waals surface area contributed by atoms with Gasteiger partial charge in [-0.3, -0.25) is 0 Å². The topological polar surface area (TPSA) is 0 Å². The van der Waals surface area contributed by atoms with Gasteiger partial charge in [0.1, 0.15) is 0 Å². The van der Waals surface area contributed by atoms with Gasteiger partial charge >= 0.3 is 0 Å². The molecule has 1 heteroatoms. The van der Waals surface area contributed by atoms with Gasteiger partial charge in [-0.1, -0.05) is 93.6 Å². The summed E-state index contributed by atoms with van der Waals surface area (Å²) in [5.41, 5.74) is 8.53. The molecule has 2 aliphatic rings. The second-order valence-corrected chi connectivity index (χ2v) is 7.96. The van der Waals surface area contributed by atoms with E-state index in [1.807, 2.05) is 0 Å². The van der Waals surface area contributed by atoms with Crippen molar-refractivity contribution in [1.29, 1.82) is 0 Å². The molecular weight excluding hydrogens is 391 g/mol. The van der Waals surface area contributed by atoms with Crippen LogP contribution in [-0.2, 0) is 26.2 Å².